The van der Waals surface area contributed by atoms with Gasteiger partial charge in [0.25, 0.3) is 0 Å². The van der Waals surface area contributed by atoms with Crippen molar-refractivity contribution < 1.29 is 4.39 Å². The molecule has 4 heteroatoms. The lowest BCUT2D eigenvalue weighted by atomic mass is 10.1. The third-order valence-corrected chi connectivity index (χ3v) is 2.35. The Balaban J connectivity index is 2.66. The van der Waals surface area contributed by atoms with E-state index in [-0.39, 0.29) is 16.4 Å². The van der Waals surface area contributed by atoms with Crippen LogP contribution in [0.4, 0.5) is 4.39 Å². The molecule has 0 atom stereocenters. The summed E-state index contributed by atoms with van der Waals surface area (Å²) in [5.74, 6) is -0.605. The van der Waals surface area contributed by atoms with Gasteiger partial charge in [-0.05, 0) is 6.07 Å². The largest absolute Gasteiger partial charge is 0.234 e. The Morgan fingerprint density at radius 3 is 2.56 bits per heavy atom. The van der Waals surface area contributed by atoms with Crippen LogP contribution in [0.3, 0.4) is 0 Å². The fourth-order valence-electron chi connectivity index (χ4n) is 1.34. The SMILES string of the molecule is N#Cc1cc(Cl)c(F)c(-c2ccccc2)n1. The molecule has 0 aliphatic carbocycles. The maximum Gasteiger partial charge on any atom is 0.168 e. The summed E-state index contributed by atoms with van der Waals surface area (Å²) in [5.41, 5.74) is 0.800. The van der Waals surface area contributed by atoms with E-state index < -0.39 is 5.82 Å². The topological polar surface area (TPSA) is 36.7 Å². The molecule has 0 aliphatic rings. The highest BCUT2D eigenvalue weighted by atomic mass is 35.5. The molecule has 78 valence electrons. The zero-order chi connectivity index (χ0) is 11.5. The summed E-state index contributed by atoms with van der Waals surface area (Å²) in [5, 5.41) is 8.64. The molecule has 2 nitrogen and oxygen atoms in total. The summed E-state index contributed by atoms with van der Waals surface area (Å²) < 4.78 is 13.7. The van der Waals surface area contributed by atoms with Gasteiger partial charge in [0.2, 0.25) is 0 Å². The van der Waals surface area contributed by atoms with Crippen LogP contribution in [-0.2, 0) is 0 Å². The van der Waals surface area contributed by atoms with Gasteiger partial charge in [0.05, 0.1) is 5.02 Å². The van der Waals surface area contributed by atoms with E-state index in [0.29, 0.717) is 5.56 Å². The van der Waals surface area contributed by atoms with Crippen LogP contribution in [0, 0.1) is 17.1 Å². The Morgan fingerprint density at radius 1 is 1.25 bits per heavy atom. The minimum atomic E-state index is -0.605. The first-order valence-electron chi connectivity index (χ1n) is 4.54. The zero-order valence-corrected chi connectivity index (χ0v) is 8.87. The predicted octanol–water partition coefficient (Wildman–Crippen LogP) is 3.41. The van der Waals surface area contributed by atoms with Crippen LogP contribution in [0.1, 0.15) is 5.69 Å². The summed E-state index contributed by atoms with van der Waals surface area (Å²) in [6.07, 6.45) is 0. The van der Waals surface area contributed by atoms with Gasteiger partial charge in [-0.2, -0.15) is 5.26 Å². The van der Waals surface area contributed by atoms with Gasteiger partial charge in [-0.15, -0.1) is 0 Å². The van der Waals surface area contributed by atoms with Crippen molar-refractivity contribution in [2.75, 3.05) is 0 Å². The number of nitrogens with zero attached hydrogens (tertiary/aromatic N) is 2. The standard InChI is InChI=1S/C12H6ClFN2/c13-10-6-9(7-15)16-12(11(10)14)8-4-2-1-3-5-8/h1-6H. The molecule has 0 saturated heterocycles. The second kappa shape index (κ2) is 4.30. The van der Waals surface area contributed by atoms with Crippen LogP contribution in [-0.4, -0.2) is 4.98 Å². The van der Waals surface area contributed by atoms with Crippen molar-refractivity contribution in [3.8, 4) is 17.3 Å². The molecule has 0 spiro atoms. The van der Waals surface area contributed by atoms with E-state index >= 15 is 0 Å². The molecule has 0 unspecified atom stereocenters. The second-order valence-corrected chi connectivity index (χ2v) is 3.54. The van der Waals surface area contributed by atoms with Crippen molar-refractivity contribution in [2.24, 2.45) is 0 Å². The van der Waals surface area contributed by atoms with Crippen molar-refractivity contribution >= 4 is 11.6 Å². The number of hydrogen-bond acceptors (Lipinski definition) is 2. The Morgan fingerprint density at radius 2 is 1.94 bits per heavy atom. The van der Waals surface area contributed by atoms with Crippen LogP contribution in [0.2, 0.25) is 5.02 Å². The van der Waals surface area contributed by atoms with Crippen molar-refractivity contribution in [1.82, 2.24) is 4.98 Å². The molecule has 0 radical (unpaired) electrons. The molecule has 2 rings (SSSR count). The number of halogens is 2. The molecule has 0 N–H and O–H groups in total. The average Bonchev–Trinajstić information content (AvgIpc) is 2.33. The van der Waals surface area contributed by atoms with E-state index in [1.165, 1.54) is 6.07 Å². The number of benzene rings is 1. The second-order valence-electron chi connectivity index (χ2n) is 3.13. The van der Waals surface area contributed by atoms with Crippen LogP contribution in [0.5, 0.6) is 0 Å². The number of pyridine rings is 1. The van der Waals surface area contributed by atoms with Crippen molar-refractivity contribution in [3.05, 3.63) is 52.9 Å². The minimum Gasteiger partial charge on any atom is -0.234 e. The van der Waals surface area contributed by atoms with Gasteiger partial charge in [0.15, 0.2) is 5.82 Å². The predicted molar refractivity (Wildman–Crippen MR) is 59.4 cm³/mol. The van der Waals surface area contributed by atoms with Gasteiger partial charge in [-0.25, -0.2) is 9.37 Å². The highest BCUT2D eigenvalue weighted by Crippen LogP contribution is 2.26. The highest BCUT2D eigenvalue weighted by Gasteiger charge is 2.12. The van der Waals surface area contributed by atoms with Gasteiger partial charge in [0, 0.05) is 5.56 Å². The minimum absolute atomic E-state index is 0.0922. The third-order valence-electron chi connectivity index (χ3n) is 2.08. The molecule has 0 aliphatic heterocycles. The van der Waals surface area contributed by atoms with Crippen LogP contribution >= 0.6 is 11.6 Å². The lowest BCUT2D eigenvalue weighted by Gasteiger charge is -2.04. The summed E-state index contributed by atoms with van der Waals surface area (Å²) in [4.78, 5) is 3.90. The first-order valence-corrected chi connectivity index (χ1v) is 4.91. The molecule has 16 heavy (non-hydrogen) atoms. The lowest BCUT2D eigenvalue weighted by Crippen LogP contribution is -1.93. The van der Waals surface area contributed by atoms with Crippen LogP contribution < -0.4 is 0 Å². The normalized spacial score (nSPS) is 9.81. The maximum absolute atomic E-state index is 13.7. The van der Waals surface area contributed by atoms with E-state index in [1.54, 1.807) is 24.3 Å². The van der Waals surface area contributed by atoms with Crippen molar-refractivity contribution in [3.63, 3.8) is 0 Å². The smallest absolute Gasteiger partial charge is 0.168 e. The first-order chi connectivity index (χ1) is 7.72. The molecule has 0 fully saturated rings. The summed E-state index contributed by atoms with van der Waals surface area (Å²) in [7, 11) is 0. The average molecular weight is 233 g/mol. The van der Waals surface area contributed by atoms with Gasteiger partial charge < -0.3 is 0 Å². The first kappa shape index (κ1) is 10.6. The Bertz CT molecular complexity index is 561. The fourth-order valence-corrected chi connectivity index (χ4v) is 1.54. The Kier molecular flexibility index (Phi) is 2.84. The van der Waals surface area contributed by atoms with Crippen molar-refractivity contribution in [2.45, 2.75) is 0 Å². The van der Waals surface area contributed by atoms with Crippen LogP contribution in [0.15, 0.2) is 36.4 Å². The summed E-state index contributed by atoms with van der Waals surface area (Å²) >= 11 is 5.68. The van der Waals surface area contributed by atoms with Gasteiger partial charge in [-0.3, -0.25) is 0 Å². The summed E-state index contributed by atoms with van der Waals surface area (Å²) in [6, 6.07) is 11.8. The molecule has 1 heterocycles. The van der Waals surface area contributed by atoms with E-state index in [9.17, 15) is 4.39 Å². The quantitative estimate of drug-likeness (QED) is 0.756. The van der Waals surface area contributed by atoms with E-state index in [1.807, 2.05) is 12.1 Å². The lowest BCUT2D eigenvalue weighted by molar-refractivity contribution is 0.626. The summed E-state index contributed by atoms with van der Waals surface area (Å²) in [6.45, 7) is 0. The monoisotopic (exact) mass is 232 g/mol. The van der Waals surface area contributed by atoms with E-state index in [4.69, 9.17) is 16.9 Å². The van der Waals surface area contributed by atoms with Crippen molar-refractivity contribution in [1.29, 1.82) is 5.26 Å². The zero-order valence-electron chi connectivity index (χ0n) is 8.11. The molecule has 0 amide bonds. The number of nitriles is 1. The molecule has 2 aromatic rings. The molecule has 1 aromatic carbocycles. The number of rotatable bonds is 1. The van der Waals surface area contributed by atoms with Crippen LogP contribution in [0.25, 0.3) is 11.3 Å². The Labute approximate surface area is 96.9 Å². The van der Waals surface area contributed by atoms with Gasteiger partial charge in [0.1, 0.15) is 17.5 Å². The van der Waals surface area contributed by atoms with Gasteiger partial charge >= 0.3 is 0 Å². The molecule has 0 saturated carbocycles. The molecule has 0 bridgehead atoms. The highest BCUT2D eigenvalue weighted by molar-refractivity contribution is 6.31. The van der Waals surface area contributed by atoms with E-state index in [0.717, 1.165) is 0 Å². The maximum atomic E-state index is 13.7. The van der Waals surface area contributed by atoms with Gasteiger partial charge in [-0.1, -0.05) is 41.9 Å². The number of aromatic nitrogens is 1. The molecule has 1 aromatic heterocycles. The molecular weight excluding hydrogens is 227 g/mol. The molecular formula is C12H6ClFN2. The van der Waals surface area contributed by atoms with E-state index in [2.05, 4.69) is 4.98 Å². The fraction of sp³-hybridized carbons (Fsp3) is 0. The third kappa shape index (κ3) is 1.88. The Hall–Kier alpha value is -1.92. The number of hydrogen-bond donors (Lipinski definition) is 0.